The summed E-state index contributed by atoms with van der Waals surface area (Å²) in [7, 11) is 0. The quantitative estimate of drug-likeness (QED) is 0.750. The number of esters is 2. The third-order valence-electron chi connectivity index (χ3n) is 3.22. The zero-order valence-corrected chi connectivity index (χ0v) is 10.9. The molecule has 2 fully saturated rings. The van der Waals surface area contributed by atoms with Gasteiger partial charge in [-0.3, -0.25) is 4.79 Å². The van der Waals surface area contributed by atoms with Crippen molar-refractivity contribution >= 4 is 11.9 Å². The number of carbonyl (C=O) groups is 2. The first-order valence-corrected chi connectivity index (χ1v) is 6.35. The highest BCUT2D eigenvalue weighted by Crippen LogP contribution is 2.33. The van der Waals surface area contributed by atoms with E-state index in [9.17, 15) is 9.59 Å². The molecule has 2 aliphatic rings. The summed E-state index contributed by atoms with van der Waals surface area (Å²) >= 11 is 0. The number of hydrogen-bond donors (Lipinski definition) is 0. The number of benzene rings is 1. The second-order valence-corrected chi connectivity index (χ2v) is 4.68. The molecule has 0 N–H and O–H groups in total. The molecule has 2 heterocycles. The number of rotatable bonds is 2. The Balaban J connectivity index is 1.77. The molecule has 1 aromatic rings. The molecule has 3 rings (SSSR count). The third-order valence-corrected chi connectivity index (χ3v) is 3.22. The molecule has 0 spiro atoms. The third kappa shape index (κ3) is 2.39. The maximum atomic E-state index is 11.7. The topological polar surface area (TPSA) is 71.1 Å². The van der Waals surface area contributed by atoms with Crippen molar-refractivity contribution in [3.8, 4) is 0 Å². The number of carbonyl (C=O) groups excluding carboxylic acids is 2. The van der Waals surface area contributed by atoms with Gasteiger partial charge >= 0.3 is 11.9 Å². The van der Waals surface area contributed by atoms with Crippen LogP contribution in [0.4, 0.5) is 0 Å². The van der Waals surface area contributed by atoms with Crippen LogP contribution in [0.2, 0.25) is 0 Å². The molecule has 20 heavy (non-hydrogen) atoms. The lowest BCUT2D eigenvalue weighted by atomic mass is 10.1. The molecule has 4 unspecified atom stereocenters. The van der Waals surface area contributed by atoms with Gasteiger partial charge in [0, 0.05) is 12.5 Å². The molecule has 0 saturated carbocycles. The normalized spacial score (nSPS) is 32.4. The van der Waals surface area contributed by atoms with Gasteiger partial charge in [0.2, 0.25) is 6.10 Å². The van der Waals surface area contributed by atoms with Gasteiger partial charge in [0.15, 0.2) is 12.4 Å². The highest BCUT2D eigenvalue weighted by atomic mass is 16.7. The molecule has 0 radical (unpaired) electrons. The summed E-state index contributed by atoms with van der Waals surface area (Å²) in [5.41, 5.74) is 0.840. The molecule has 0 amide bonds. The first kappa shape index (κ1) is 13.1. The molecule has 6 heteroatoms. The second-order valence-electron chi connectivity index (χ2n) is 4.68. The first-order valence-electron chi connectivity index (χ1n) is 6.35. The van der Waals surface area contributed by atoms with E-state index < -0.39 is 36.5 Å². The smallest absolute Gasteiger partial charge is 0.350 e. The van der Waals surface area contributed by atoms with E-state index >= 15 is 0 Å². The second kappa shape index (κ2) is 5.22. The van der Waals surface area contributed by atoms with Crippen LogP contribution < -0.4 is 0 Å². The monoisotopic (exact) mass is 278 g/mol. The van der Waals surface area contributed by atoms with E-state index in [1.807, 2.05) is 30.3 Å². The highest BCUT2D eigenvalue weighted by Gasteiger charge is 2.51. The summed E-state index contributed by atoms with van der Waals surface area (Å²) in [6.07, 6.45) is -2.78. The van der Waals surface area contributed by atoms with E-state index in [0.717, 1.165) is 5.56 Å². The van der Waals surface area contributed by atoms with Gasteiger partial charge in [0.1, 0.15) is 6.10 Å². The molecule has 0 aliphatic carbocycles. The van der Waals surface area contributed by atoms with E-state index in [1.165, 1.54) is 6.92 Å². The molecule has 106 valence electrons. The number of fused-ring (bicyclic) bond motifs is 1. The van der Waals surface area contributed by atoms with Gasteiger partial charge in [-0.25, -0.2) is 4.79 Å². The van der Waals surface area contributed by atoms with Crippen LogP contribution in [0.3, 0.4) is 0 Å². The molecule has 2 saturated heterocycles. The first-order chi connectivity index (χ1) is 9.65. The van der Waals surface area contributed by atoms with Crippen LogP contribution in [0.25, 0.3) is 0 Å². The predicted molar refractivity (Wildman–Crippen MR) is 65.4 cm³/mol. The Morgan fingerprint density at radius 3 is 2.75 bits per heavy atom. The lowest BCUT2D eigenvalue weighted by molar-refractivity contribution is -0.253. The zero-order chi connectivity index (χ0) is 14.1. The lowest BCUT2D eigenvalue weighted by Gasteiger charge is -2.32. The Hall–Kier alpha value is -1.92. The Morgan fingerprint density at radius 2 is 2.05 bits per heavy atom. The molecule has 0 bridgehead atoms. The summed E-state index contributed by atoms with van der Waals surface area (Å²) in [6.45, 7) is 1.46. The van der Waals surface area contributed by atoms with E-state index in [2.05, 4.69) is 0 Å². The Morgan fingerprint density at radius 1 is 1.30 bits per heavy atom. The van der Waals surface area contributed by atoms with E-state index in [0.29, 0.717) is 0 Å². The molecule has 0 aromatic heterocycles. The standard InChI is InChI=1S/C14H14O6/c1-8(15)18-12-11-10(19-13(12)16)7-17-14(20-11)9-5-3-2-4-6-9/h2-6,10-12,14H,7H2,1H3. The number of hydrogen-bond acceptors (Lipinski definition) is 6. The van der Waals surface area contributed by atoms with Crippen molar-refractivity contribution < 1.29 is 28.5 Å². The zero-order valence-electron chi connectivity index (χ0n) is 10.9. The average Bonchev–Trinajstić information content (AvgIpc) is 2.75. The number of ether oxygens (including phenoxy) is 4. The highest BCUT2D eigenvalue weighted by molar-refractivity contribution is 5.81. The molecular weight excluding hydrogens is 264 g/mol. The fraction of sp³-hybridized carbons (Fsp3) is 0.429. The Kier molecular flexibility index (Phi) is 3.42. The van der Waals surface area contributed by atoms with E-state index in [-0.39, 0.29) is 6.61 Å². The Bertz CT molecular complexity index is 514. The van der Waals surface area contributed by atoms with Crippen molar-refractivity contribution in [3.63, 3.8) is 0 Å². The van der Waals surface area contributed by atoms with Crippen molar-refractivity contribution in [2.75, 3.05) is 6.61 Å². The fourth-order valence-corrected chi connectivity index (χ4v) is 2.34. The molecule has 6 nitrogen and oxygen atoms in total. The molecular formula is C14H14O6. The van der Waals surface area contributed by atoms with Crippen molar-refractivity contribution in [1.29, 1.82) is 0 Å². The van der Waals surface area contributed by atoms with Gasteiger partial charge in [-0.2, -0.15) is 0 Å². The van der Waals surface area contributed by atoms with Gasteiger partial charge in [0.25, 0.3) is 0 Å². The van der Waals surface area contributed by atoms with Crippen LogP contribution in [0.1, 0.15) is 18.8 Å². The van der Waals surface area contributed by atoms with E-state index in [1.54, 1.807) is 0 Å². The van der Waals surface area contributed by atoms with Crippen molar-refractivity contribution in [2.45, 2.75) is 31.5 Å². The minimum atomic E-state index is -1.02. The van der Waals surface area contributed by atoms with Crippen LogP contribution >= 0.6 is 0 Å². The van der Waals surface area contributed by atoms with Gasteiger partial charge in [0.05, 0.1) is 6.61 Å². The summed E-state index contributed by atoms with van der Waals surface area (Å²) in [5.74, 6) is -1.13. The van der Waals surface area contributed by atoms with Gasteiger partial charge in [-0.05, 0) is 0 Å². The van der Waals surface area contributed by atoms with Crippen molar-refractivity contribution in [1.82, 2.24) is 0 Å². The average molecular weight is 278 g/mol. The van der Waals surface area contributed by atoms with Crippen LogP contribution in [-0.2, 0) is 28.5 Å². The maximum absolute atomic E-state index is 11.7. The van der Waals surface area contributed by atoms with Crippen LogP contribution in [0.15, 0.2) is 30.3 Å². The largest absolute Gasteiger partial charge is 0.454 e. The van der Waals surface area contributed by atoms with E-state index in [4.69, 9.17) is 18.9 Å². The minimum Gasteiger partial charge on any atom is -0.454 e. The summed E-state index contributed by atoms with van der Waals surface area (Å²) in [5, 5.41) is 0. The van der Waals surface area contributed by atoms with Gasteiger partial charge < -0.3 is 18.9 Å². The van der Waals surface area contributed by atoms with Gasteiger partial charge in [-0.15, -0.1) is 0 Å². The molecule has 1 aromatic carbocycles. The molecule has 4 atom stereocenters. The minimum absolute atomic E-state index is 0.216. The van der Waals surface area contributed by atoms with Gasteiger partial charge in [-0.1, -0.05) is 30.3 Å². The lowest BCUT2D eigenvalue weighted by Crippen LogP contribution is -2.44. The predicted octanol–water partition coefficient (Wildman–Crippen LogP) is 0.958. The van der Waals surface area contributed by atoms with Crippen LogP contribution in [0.5, 0.6) is 0 Å². The molecule has 2 aliphatic heterocycles. The fourth-order valence-electron chi connectivity index (χ4n) is 2.34. The van der Waals surface area contributed by atoms with Crippen molar-refractivity contribution in [2.24, 2.45) is 0 Å². The Labute approximate surface area is 115 Å². The maximum Gasteiger partial charge on any atom is 0.350 e. The summed E-state index contributed by atoms with van der Waals surface area (Å²) < 4.78 is 21.4. The van der Waals surface area contributed by atoms with Crippen LogP contribution in [0, 0.1) is 0 Å². The van der Waals surface area contributed by atoms with Crippen molar-refractivity contribution in [3.05, 3.63) is 35.9 Å². The van der Waals surface area contributed by atoms with Crippen LogP contribution in [-0.4, -0.2) is 36.9 Å². The SMILES string of the molecule is CC(=O)OC1C(=O)OC2COC(c3ccccc3)OC21. The summed E-state index contributed by atoms with van der Waals surface area (Å²) in [6, 6.07) is 9.36. The summed E-state index contributed by atoms with van der Waals surface area (Å²) in [4.78, 5) is 22.7.